The van der Waals surface area contributed by atoms with Gasteiger partial charge in [-0.2, -0.15) is 0 Å². The number of para-hydroxylation sites is 2. The van der Waals surface area contributed by atoms with E-state index in [1.165, 1.54) is 66.6 Å². The quantitative estimate of drug-likeness (QED) is 0.199. The van der Waals surface area contributed by atoms with Gasteiger partial charge in [0.2, 0.25) is 0 Å². The number of imidazole rings is 1. The molecule has 0 unspecified atom stereocenters. The molecule has 0 fully saturated rings. The van der Waals surface area contributed by atoms with Crippen LogP contribution < -0.4 is 0 Å². The van der Waals surface area contributed by atoms with Crippen molar-refractivity contribution in [3.63, 3.8) is 0 Å². The molecule has 5 aromatic carbocycles. The van der Waals surface area contributed by atoms with Crippen molar-refractivity contribution in [2.75, 3.05) is 0 Å². The van der Waals surface area contributed by atoms with Gasteiger partial charge in [0.05, 0.1) is 16.7 Å². The molecule has 0 N–H and O–H groups in total. The summed E-state index contributed by atoms with van der Waals surface area (Å²) >= 11 is 0. The fraction of sp³-hybridized carbons (Fsp3) is 0.175. The molecule has 3 heteroatoms. The smallest absolute Gasteiger partial charge is 0.144 e. The van der Waals surface area contributed by atoms with Gasteiger partial charge in [-0.1, -0.05) is 87.5 Å². The van der Waals surface area contributed by atoms with Gasteiger partial charge in [-0.25, -0.2) is 4.98 Å². The summed E-state index contributed by atoms with van der Waals surface area (Å²) in [6.45, 7) is 11.3. The van der Waals surface area contributed by atoms with E-state index in [0.717, 1.165) is 12.2 Å². The van der Waals surface area contributed by atoms with Gasteiger partial charge in [0.15, 0.2) is 0 Å². The lowest BCUT2D eigenvalue weighted by Crippen LogP contribution is -2.17. The van der Waals surface area contributed by atoms with Crippen LogP contribution in [0.5, 0.6) is 0 Å². The molecular weight excluding hydrogens is 522 g/mol. The third-order valence-electron chi connectivity index (χ3n) is 9.17. The lowest BCUT2D eigenvalue weighted by atomic mass is 9.79. The van der Waals surface area contributed by atoms with Crippen molar-refractivity contribution in [2.45, 2.75) is 46.5 Å². The van der Waals surface area contributed by atoms with Gasteiger partial charge in [0.1, 0.15) is 5.82 Å². The molecule has 0 aliphatic rings. The largest absolute Gasteiger partial charge is 0.309 e. The van der Waals surface area contributed by atoms with Crippen molar-refractivity contribution in [2.24, 2.45) is 0 Å². The van der Waals surface area contributed by atoms with Crippen LogP contribution in [-0.2, 0) is 5.41 Å². The van der Waals surface area contributed by atoms with Crippen LogP contribution in [0.3, 0.4) is 0 Å². The predicted molar refractivity (Wildman–Crippen MR) is 182 cm³/mol. The molecule has 0 aliphatic carbocycles. The molecule has 0 amide bonds. The van der Waals surface area contributed by atoms with E-state index in [4.69, 9.17) is 4.98 Å². The second-order valence-corrected chi connectivity index (χ2v) is 12.3. The molecule has 0 saturated carbocycles. The standard InChI is InChI=1S/C40H37N3/c1-6-40(4,5)35-18-12-10-17-33(35)39-41-22-23-42(39)38-27(2)24-30(25-28(38)3)29-20-21-37-34(26-29)32-16-11-13-19-36(32)43(37)31-14-8-7-9-15-31/h7-26H,6H2,1-5H3. The second kappa shape index (κ2) is 10.4. The number of nitrogens with zero attached hydrogens (tertiary/aromatic N) is 3. The normalized spacial score (nSPS) is 11.9. The molecule has 0 bridgehead atoms. The number of fused-ring (bicyclic) bond motifs is 3. The number of aromatic nitrogens is 3. The van der Waals surface area contributed by atoms with E-state index in [-0.39, 0.29) is 5.41 Å². The molecule has 2 aromatic heterocycles. The van der Waals surface area contributed by atoms with E-state index in [1.807, 2.05) is 6.20 Å². The molecule has 0 spiro atoms. The lowest BCUT2D eigenvalue weighted by molar-refractivity contribution is 0.507. The van der Waals surface area contributed by atoms with E-state index in [9.17, 15) is 0 Å². The van der Waals surface area contributed by atoms with Crippen LogP contribution in [-0.4, -0.2) is 14.1 Å². The number of hydrogen-bond donors (Lipinski definition) is 0. The highest BCUT2D eigenvalue weighted by molar-refractivity contribution is 6.10. The Bertz CT molecular complexity index is 2080. The van der Waals surface area contributed by atoms with E-state index >= 15 is 0 Å². The molecule has 7 aromatic rings. The minimum Gasteiger partial charge on any atom is -0.309 e. The van der Waals surface area contributed by atoms with Crippen LogP contribution in [0.4, 0.5) is 0 Å². The molecule has 0 aliphatic heterocycles. The fourth-order valence-corrected chi connectivity index (χ4v) is 6.65. The Balaban J connectivity index is 1.35. The van der Waals surface area contributed by atoms with Crippen LogP contribution in [0.25, 0.3) is 55.7 Å². The molecule has 43 heavy (non-hydrogen) atoms. The van der Waals surface area contributed by atoms with Crippen LogP contribution in [0, 0.1) is 13.8 Å². The minimum absolute atomic E-state index is 0.0591. The molecule has 2 heterocycles. The first-order valence-electron chi connectivity index (χ1n) is 15.2. The average Bonchev–Trinajstić information content (AvgIpc) is 3.64. The Morgan fingerprint density at radius 2 is 1.35 bits per heavy atom. The lowest BCUT2D eigenvalue weighted by Gasteiger charge is -2.26. The highest BCUT2D eigenvalue weighted by Crippen LogP contribution is 2.38. The first kappa shape index (κ1) is 27.0. The molecule has 212 valence electrons. The Hall–Kier alpha value is -4.89. The molecule has 7 rings (SSSR count). The summed E-state index contributed by atoms with van der Waals surface area (Å²) in [7, 11) is 0. The van der Waals surface area contributed by atoms with E-state index < -0.39 is 0 Å². The number of benzene rings is 5. The van der Waals surface area contributed by atoms with Gasteiger partial charge in [-0.15, -0.1) is 0 Å². The predicted octanol–water partition coefficient (Wildman–Crippen LogP) is 10.6. The number of aryl methyl sites for hydroxylation is 2. The van der Waals surface area contributed by atoms with Crippen molar-refractivity contribution < 1.29 is 0 Å². The second-order valence-electron chi connectivity index (χ2n) is 12.3. The molecule has 3 nitrogen and oxygen atoms in total. The summed E-state index contributed by atoms with van der Waals surface area (Å²) in [6, 6.07) is 39.6. The Morgan fingerprint density at radius 1 is 0.674 bits per heavy atom. The molecule has 0 atom stereocenters. The van der Waals surface area contributed by atoms with Crippen molar-refractivity contribution in [3.05, 3.63) is 138 Å². The fourth-order valence-electron chi connectivity index (χ4n) is 6.65. The van der Waals surface area contributed by atoms with Crippen molar-refractivity contribution >= 4 is 21.8 Å². The topological polar surface area (TPSA) is 22.8 Å². The Morgan fingerprint density at radius 3 is 2.12 bits per heavy atom. The van der Waals surface area contributed by atoms with Crippen LogP contribution in [0.2, 0.25) is 0 Å². The SMILES string of the molecule is CCC(C)(C)c1ccccc1-c1nccn1-c1c(C)cc(-c2ccc3c(c2)c2ccccc2n3-c2ccccc2)cc1C. The third-order valence-corrected chi connectivity index (χ3v) is 9.17. The zero-order valence-corrected chi connectivity index (χ0v) is 25.6. The van der Waals surface area contributed by atoms with E-state index in [1.54, 1.807) is 0 Å². The van der Waals surface area contributed by atoms with Crippen LogP contribution in [0.15, 0.2) is 122 Å². The summed E-state index contributed by atoms with van der Waals surface area (Å²) in [5, 5.41) is 2.54. The summed E-state index contributed by atoms with van der Waals surface area (Å²) in [4.78, 5) is 4.89. The van der Waals surface area contributed by atoms with Gasteiger partial charge in [-0.05, 0) is 96.0 Å². The minimum atomic E-state index is 0.0591. The van der Waals surface area contributed by atoms with Crippen molar-refractivity contribution in [3.8, 4) is 33.9 Å². The maximum Gasteiger partial charge on any atom is 0.144 e. The monoisotopic (exact) mass is 559 g/mol. The summed E-state index contributed by atoms with van der Waals surface area (Å²) in [5.74, 6) is 0.992. The maximum atomic E-state index is 4.89. The zero-order chi connectivity index (χ0) is 29.7. The molecular formula is C40H37N3. The summed E-state index contributed by atoms with van der Waals surface area (Å²) in [6.07, 6.45) is 5.09. The van der Waals surface area contributed by atoms with Gasteiger partial charge < -0.3 is 4.57 Å². The average molecular weight is 560 g/mol. The van der Waals surface area contributed by atoms with Crippen LogP contribution in [0.1, 0.15) is 43.9 Å². The summed E-state index contributed by atoms with van der Waals surface area (Å²) < 4.78 is 4.64. The van der Waals surface area contributed by atoms with Crippen LogP contribution >= 0.6 is 0 Å². The van der Waals surface area contributed by atoms with E-state index in [2.05, 4.69) is 159 Å². The Kier molecular flexibility index (Phi) is 6.54. The van der Waals surface area contributed by atoms with Gasteiger partial charge in [0, 0.05) is 34.4 Å². The number of hydrogen-bond acceptors (Lipinski definition) is 1. The third kappa shape index (κ3) is 4.47. The van der Waals surface area contributed by atoms with Gasteiger partial charge in [-0.3, -0.25) is 4.57 Å². The van der Waals surface area contributed by atoms with Gasteiger partial charge >= 0.3 is 0 Å². The zero-order valence-electron chi connectivity index (χ0n) is 25.6. The highest BCUT2D eigenvalue weighted by Gasteiger charge is 2.24. The maximum absolute atomic E-state index is 4.89. The summed E-state index contributed by atoms with van der Waals surface area (Å²) in [5.41, 5.74) is 12.3. The molecule has 0 radical (unpaired) electrons. The van der Waals surface area contributed by atoms with Crippen molar-refractivity contribution in [1.29, 1.82) is 0 Å². The Labute approximate surface area is 254 Å². The van der Waals surface area contributed by atoms with Crippen molar-refractivity contribution in [1.82, 2.24) is 14.1 Å². The first-order valence-corrected chi connectivity index (χ1v) is 15.2. The molecule has 0 saturated heterocycles. The first-order chi connectivity index (χ1) is 20.9. The van der Waals surface area contributed by atoms with Gasteiger partial charge in [0.25, 0.3) is 0 Å². The number of rotatable bonds is 6. The van der Waals surface area contributed by atoms with E-state index in [0.29, 0.717) is 0 Å². The highest BCUT2D eigenvalue weighted by atomic mass is 15.1.